The lowest BCUT2D eigenvalue weighted by molar-refractivity contribution is 0.250. The monoisotopic (exact) mass is 322 g/mol. The van der Waals surface area contributed by atoms with Gasteiger partial charge in [-0.25, -0.2) is 0 Å². The molecule has 0 radical (unpaired) electrons. The van der Waals surface area contributed by atoms with Crippen LogP contribution in [0.15, 0.2) is 0 Å². The predicted molar refractivity (Wildman–Crippen MR) is 106 cm³/mol. The van der Waals surface area contributed by atoms with E-state index in [9.17, 15) is 0 Å². The summed E-state index contributed by atoms with van der Waals surface area (Å²) in [6.07, 6.45) is 25.3. The first-order chi connectivity index (χ1) is 11.3. The van der Waals surface area contributed by atoms with Crippen molar-refractivity contribution in [3.63, 3.8) is 0 Å². The largest absolute Gasteiger partial charge is 0.0651 e. The first-order valence-electron chi connectivity index (χ1n) is 11.3. The smallest absolute Gasteiger partial charge is 0.0386 e. The summed E-state index contributed by atoms with van der Waals surface area (Å²) in [7, 11) is 0. The summed E-state index contributed by atoms with van der Waals surface area (Å²) in [5.41, 5.74) is 0. The Balaban J connectivity index is 0.000000366. The number of hydrogen-bond acceptors (Lipinski definition) is 0. The fraction of sp³-hybridized carbons (Fsp3) is 1.00. The molecule has 0 bridgehead atoms. The molecule has 0 aromatic rings. The van der Waals surface area contributed by atoms with Gasteiger partial charge in [0, 0.05) is 0 Å². The van der Waals surface area contributed by atoms with Gasteiger partial charge in [-0.1, -0.05) is 124 Å². The van der Waals surface area contributed by atoms with E-state index in [0.29, 0.717) is 0 Å². The topological polar surface area (TPSA) is 0 Å². The van der Waals surface area contributed by atoms with Crippen LogP contribution in [0.4, 0.5) is 0 Å². The average Bonchev–Trinajstić information content (AvgIpc) is 2.90. The number of hydrogen-bond donors (Lipinski definition) is 0. The maximum atomic E-state index is 2.42. The molecular formula is C23H46. The molecular weight excluding hydrogens is 276 g/mol. The van der Waals surface area contributed by atoms with Crippen molar-refractivity contribution < 1.29 is 0 Å². The maximum Gasteiger partial charge on any atom is -0.0386 e. The van der Waals surface area contributed by atoms with E-state index in [0.717, 1.165) is 17.8 Å². The van der Waals surface area contributed by atoms with Crippen LogP contribution in [-0.4, -0.2) is 0 Å². The van der Waals surface area contributed by atoms with Gasteiger partial charge in [-0.2, -0.15) is 0 Å². The Bertz CT molecular complexity index is 217. The normalized spacial score (nSPS) is 21.4. The summed E-state index contributed by atoms with van der Waals surface area (Å²) >= 11 is 0. The third-order valence-electron chi connectivity index (χ3n) is 6.69. The highest BCUT2D eigenvalue weighted by Crippen LogP contribution is 2.34. The molecule has 0 heteroatoms. The first kappa shape index (κ1) is 21.0. The molecule has 1 atom stereocenters. The van der Waals surface area contributed by atoms with E-state index in [1.807, 2.05) is 0 Å². The van der Waals surface area contributed by atoms with Crippen LogP contribution in [0.5, 0.6) is 0 Å². The SMILES string of the molecule is C1CCCCC1.CCC(CC)CCC(CC)C1CCCCCC1. The van der Waals surface area contributed by atoms with Crippen LogP contribution in [-0.2, 0) is 0 Å². The molecule has 138 valence electrons. The third kappa shape index (κ3) is 9.78. The first-order valence-corrected chi connectivity index (χ1v) is 11.3. The molecule has 0 heterocycles. The molecule has 0 aromatic carbocycles. The summed E-state index contributed by atoms with van der Waals surface area (Å²) in [5.74, 6) is 3.10. The quantitative estimate of drug-likeness (QED) is 0.412. The van der Waals surface area contributed by atoms with Crippen molar-refractivity contribution in [3.8, 4) is 0 Å². The minimum Gasteiger partial charge on any atom is -0.0651 e. The fourth-order valence-corrected chi connectivity index (χ4v) is 4.76. The zero-order chi connectivity index (χ0) is 16.8. The molecule has 0 aromatic heterocycles. The van der Waals surface area contributed by atoms with Crippen molar-refractivity contribution in [1.29, 1.82) is 0 Å². The van der Waals surface area contributed by atoms with E-state index in [1.165, 1.54) is 109 Å². The van der Waals surface area contributed by atoms with Gasteiger partial charge in [0.2, 0.25) is 0 Å². The van der Waals surface area contributed by atoms with E-state index in [1.54, 1.807) is 0 Å². The summed E-state index contributed by atoms with van der Waals surface area (Å²) in [5, 5.41) is 0. The van der Waals surface area contributed by atoms with Crippen molar-refractivity contribution >= 4 is 0 Å². The molecule has 2 aliphatic carbocycles. The highest BCUT2D eigenvalue weighted by atomic mass is 14.3. The van der Waals surface area contributed by atoms with Crippen LogP contribution in [0.25, 0.3) is 0 Å². The minimum atomic E-state index is 0.995. The van der Waals surface area contributed by atoms with Crippen molar-refractivity contribution in [2.24, 2.45) is 17.8 Å². The van der Waals surface area contributed by atoms with Gasteiger partial charge in [0.15, 0.2) is 0 Å². The van der Waals surface area contributed by atoms with Crippen LogP contribution in [0.1, 0.15) is 130 Å². The Morgan fingerprint density at radius 2 is 1.00 bits per heavy atom. The van der Waals surface area contributed by atoms with Gasteiger partial charge in [0.25, 0.3) is 0 Å². The second kappa shape index (κ2) is 14.4. The molecule has 1 unspecified atom stereocenters. The van der Waals surface area contributed by atoms with Gasteiger partial charge in [0.05, 0.1) is 0 Å². The van der Waals surface area contributed by atoms with E-state index < -0.39 is 0 Å². The highest BCUT2D eigenvalue weighted by Gasteiger charge is 2.21. The molecule has 2 aliphatic rings. The van der Waals surface area contributed by atoms with Crippen LogP contribution in [0.2, 0.25) is 0 Å². The predicted octanol–water partition coefficient (Wildman–Crippen LogP) is 8.54. The average molecular weight is 323 g/mol. The molecule has 23 heavy (non-hydrogen) atoms. The van der Waals surface area contributed by atoms with Crippen molar-refractivity contribution in [2.75, 3.05) is 0 Å². The highest BCUT2D eigenvalue weighted by molar-refractivity contribution is 4.73. The lowest BCUT2D eigenvalue weighted by Gasteiger charge is -2.26. The van der Waals surface area contributed by atoms with Gasteiger partial charge in [-0.3, -0.25) is 0 Å². The molecule has 0 nitrogen and oxygen atoms in total. The van der Waals surface area contributed by atoms with Gasteiger partial charge >= 0.3 is 0 Å². The van der Waals surface area contributed by atoms with Gasteiger partial charge in [0.1, 0.15) is 0 Å². The van der Waals surface area contributed by atoms with Crippen LogP contribution < -0.4 is 0 Å². The Hall–Kier alpha value is 0. The van der Waals surface area contributed by atoms with Crippen LogP contribution in [0, 0.1) is 17.8 Å². The summed E-state index contributed by atoms with van der Waals surface area (Å²) in [6, 6.07) is 0. The molecule has 0 N–H and O–H groups in total. The number of rotatable bonds is 7. The van der Waals surface area contributed by atoms with Gasteiger partial charge in [-0.05, 0) is 24.2 Å². The Labute approximate surface area is 148 Å². The Morgan fingerprint density at radius 3 is 1.39 bits per heavy atom. The second-order valence-corrected chi connectivity index (χ2v) is 8.30. The van der Waals surface area contributed by atoms with E-state index in [-0.39, 0.29) is 0 Å². The standard InChI is InChI=1S/C17H34.C6H12/c1-4-15(5-2)13-14-16(6-3)17-11-9-7-8-10-12-17;1-2-4-6-5-3-1/h15-17H,4-14H2,1-3H3;1-6H2. The molecule has 0 saturated heterocycles. The summed E-state index contributed by atoms with van der Waals surface area (Å²) in [6.45, 7) is 7.14. The molecule has 2 saturated carbocycles. The van der Waals surface area contributed by atoms with Gasteiger partial charge in [-0.15, -0.1) is 0 Å². The Kier molecular flexibility index (Phi) is 13.1. The third-order valence-corrected chi connectivity index (χ3v) is 6.69. The van der Waals surface area contributed by atoms with Crippen LogP contribution >= 0.6 is 0 Å². The van der Waals surface area contributed by atoms with E-state index >= 15 is 0 Å². The van der Waals surface area contributed by atoms with Crippen LogP contribution in [0.3, 0.4) is 0 Å². The lowest BCUT2D eigenvalue weighted by atomic mass is 9.79. The molecule has 2 rings (SSSR count). The molecule has 0 amide bonds. The molecule has 0 spiro atoms. The summed E-state index contributed by atoms with van der Waals surface area (Å²) in [4.78, 5) is 0. The van der Waals surface area contributed by atoms with Crippen molar-refractivity contribution in [3.05, 3.63) is 0 Å². The minimum absolute atomic E-state index is 0.995. The van der Waals surface area contributed by atoms with Crippen molar-refractivity contribution in [2.45, 2.75) is 130 Å². The molecule has 2 fully saturated rings. The zero-order valence-corrected chi connectivity index (χ0v) is 16.8. The maximum absolute atomic E-state index is 2.42. The van der Waals surface area contributed by atoms with Gasteiger partial charge < -0.3 is 0 Å². The van der Waals surface area contributed by atoms with E-state index in [2.05, 4.69) is 20.8 Å². The zero-order valence-electron chi connectivity index (χ0n) is 16.8. The molecule has 0 aliphatic heterocycles. The fourth-order valence-electron chi connectivity index (χ4n) is 4.76. The van der Waals surface area contributed by atoms with Crippen molar-refractivity contribution in [1.82, 2.24) is 0 Å². The Morgan fingerprint density at radius 1 is 0.565 bits per heavy atom. The lowest BCUT2D eigenvalue weighted by Crippen LogP contribution is -2.15. The second-order valence-electron chi connectivity index (χ2n) is 8.30. The van der Waals surface area contributed by atoms with E-state index in [4.69, 9.17) is 0 Å². The summed E-state index contributed by atoms with van der Waals surface area (Å²) < 4.78 is 0.